The van der Waals surface area contributed by atoms with Crippen LogP contribution in [0.4, 0.5) is 10.5 Å². The van der Waals surface area contributed by atoms with Crippen molar-refractivity contribution in [1.29, 1.82) is 0 Å². The Kier molecular flexibility index (Phi) is 6.42. The molecule has 160 valence electrons. The van der Waals surface area contributed by atoms with Gasteiger partial charge in [-0.25, -0.2) is 18.4 Å². The highest BCUT2D eigenvalue weighted by atomic mass is 32.2. The van der Waals surface area contributed by atoms with Crippen LogP contribution in [0, 0.1) is 13.8 Å². The van der Waals surface area contributed by atoms with E-state index in [1.807, 2.05) is 32.0 Å². The number of amides is 3. The minimum Gasteiger partial charge on any atom is -0.338 e. The van der Waals surface area contributed by atoms with E-state index in [2.05, 4.69) is 10.6 Å². The van der Waals surface area contributed by atoms with Crippen LogP contribution in [0.1, 0.15) is 23.1 Å². The zero-order valence-electron chi connectivity index (χ0n) is 17.0. The molecule has 0 aromatic heterocycles. The fourth-order valence-corrected chi connectivity index (χ4v) is 3.87. The minimum atomic E-state index is -3.71. The molecule has 0 saturated carbocycles. The maximum atomic E-state index is 12.4. The second-order valence-electron chi connectivity index (χ2n) is 7.51. The minimum absolute atomic E-state index is 0.0153. The maximum absolute atomic E-state index is 12.4. The fourth-order valence-electron chi connectivity index (χ4n) is 3.35. The summed E-state index contributed by atoms with van der Waals surface area (Å²) in [5.41, 5.74) is 4.00. The van der Waals surface area contributed by atoms with Crippen molar-refractivity contribution >= 4 is 27.6 Å². The lowest BCUT2D eigenvalue weighted by molar-refractivity contribution is -0.117. The van der Waals surface area contributed by atoms with Crippen molar-refractivity contribution in [2.24, 2.45) is 5.14 Å². The van der Waals surface area contributed by atoms with Gasteiger partial charge < -0.3 is 15.5 Å². The molecule has 0 bridgehead atoms. The average Bonchev–Trinajstić information content (AvgIpc) is 3.03. The summed E-state index contributed by atoms with van der Waals surface area (Å²) in [7, 11) is -3.71. The van der Waals surface area contributed by atoms with Crippen LogP contribution < -0.4 is 20.7 Å². The van der Waals surface area contributed by atoms with Crippen molar-refractivity contribution in [3.8, 4) is 0 Å². The highest BCUT2D eigenvalue weighted by Crippen LogP contribution is 2.24. The zero-order chi connectivity index (χ0) is 21.9. The van der Waals surface area contributed by atoms with Crippen molar-refractivity contribution in [1.82, 2.24) is 10.6 Å². The summed E-state index contributed by atoms with van der Waals surface area (Å²) in [6.07, 6.45) is 0.798. The van der Waals surface area contributed by atoms with Gasteiger partial charge in [0.2, 0.25) is 15.9 Å². The number of aryl methyl sites for hydroxylation is 2. The molecule has 8 nitrogen and oxygen atoms in total. The molecule has 30 heavy (non-hydrogen) atoms. The third kappa shape index (κ3) is 5.37. The van der Waals surface area contributed by atoms with E-state index in [0.717, 1.165) is 16.8 Å². The van der Waals surface area contributed by atoms with Crippen molar-refractivity contribution in [2.45, 2.75) is 37.6 Å². The van der Waals surface area contributed by atoms with Crippen LogP contribution in [0.2, 0.25) is 0 Å². The third-order valence-corrected chi connectivity index (χ3v) is 6.14. The van der Waals surface area contributed by atoms with E-state index in [0.29, 0.717) is 19.5 Å². The molecule has 2 aromatic rings. The fraction of sp³-hybridized carbons (Fsp3) is 0.333. The highest BCUT2D eigenvalue weighted by molar-refractivity contribution is 7.89. The van der Waals surface area contributed by atoms with E-state index in [1.165, 1.54) is 17.7 Å². The summed E-state index contributed by atoms with van der Waals surface area (Å²) >= 11 is 0. The molecule has 3 amide bonds. The molecule has 9 heteroatoms. The smallest absolute Gasteiger partial charge is 0.315 e. The first-order valence-corrected chi connectivity index (χ1v) is 11.2. The monoisotopic (exact) mass is 430 g/mol. The number of hydrogen-bond acceptors (Lipinski definition) is 4. The first-order chi connectivity index (χ1) is 14.1. The Balaban J connectivity index is 1.47. The standard InChI is InChI=1S/C21H26N4O4S/c1-14-3-6-18(11-15(14)2)25-13-17(12-20(25)26)24-21(27)23-10-9-16-4-7-19(8-5-16)30(22,28)29/h3-8,11,17H,9-10,12-13H2,1-2H3,(H2,22,28,29)(H2,23,24,27)/t17-/m0/s1. The number of rotatable bonds is 6. The van der Waals surface area contributed by atoms with Crippen LogP contribution in [0.25, 0.3) is 0 Å². The number of anilines is 1. The van der Waals surface area contributed by atoms with Gasteiger partial charge in [0.15, 0.2) is 0 Å². The number of nitrogens with zero attached hydrogens (tertiary/aromatic N) is 1. The summed E-state index contributed by atoms with van der Waals surface area (Å²) in [5.74, 6) is -0.0153. The number of primary sulfonamides is 1. The quantitative estimate of drug-likeness (QED) is 0.644. The summed E-state index contributed by atoms with van der Waals surface area (Å²) in [4.78, 5) is 26.3. The van der Waals surface area contributed by atoms with Crippen molar-refractivity contribution in [2.75, 3.05) is 18.0 Å². The first kappa shape index (κ1) is 21.8. The number of sulfonamides is 1. The molecule has 1 heterocycles. The SMILES string of the molecule is Cc1ccc(N2C[C@@H](NC(=O)NCCc3ccc(S(N)(=O)=O)cc3)CC2=O)cc1C. The number of benzene rings is 2. The van der Waals surface area contributed by atoms with Crippen LogP contribution in [0.3, 0.4) is 0 Å². The van der Waals surface area contributed by atoms with Gasteiger partial charge in [-0.2, -0.15) is 0 Å². The van der Waals surface area contributed by atoms with E-state index in [9.17, 15) is 18.0 Å². The summed E-state index contributed by atoms with van der Waals surface area (Å²) in [6.45, 7) is 4.84. The summed E-state index contributed by atoms with van der Waals surface area (Å²) < 4.78 is 22.5. The van der Waals surface area contributed by atoms with Crippen molar-refractivity contribution in [3.05, 3.63) is 59.2 Å². The van der Waals surface area contributed by atoms with Crippen LogP contribution in [-0.2, 0) is 21.2 Å². The second kappa shape index (κ2) is 8.85. The van der Waals surface area contributed by atoms with Gasteiger partial charge in [0.1, 0.15) is 0 Å². The molecule has 1 saturated heterocycles. The molecule has 0 aliphatic carbocycles. The van der Waals surface area contributed by atoms with Crippen LogP contribution in [-0.4, -0.2) is 39.5 Å². The molecule has 1 aliphatic rings. The number of carbonyl (C=O) groups is 2. The Morgan fingerprint density at radius 3 is 2.47 bits per heavy atom. The maximum Gasteiger partial charge on any atom is 0.315 e. The Morgan fingerprint density at radius 2 is 1.83 bits per heavy atom. The second-order valence-corrected chi connectivity index (χ2v) is 9.07. The van der Waals surface area contributed by atoms with Crippen molar-refractivity contribution < 1.29 is 18.0 Å². The summed E-state index contributed by atoms with van der Waals surface area (Å²) in [6, 6.07) is 11.5. The Bertz CT molecular complexity index is 1050. The van der Waals surface area contributed by atoms with Gasteiger partial charge in [-0.3, -0.25) is 4.79 Å². The number of nitrogens with two attached hydrogens (primary N) is 1. The lowest BCUT2D eigenvalue weighted by atomic mass is 10.1. The molecule has 3 rings (SSSR count). The lowest BCUT2D eigenvalue weighted by Crippen LogP contribution is -2.43. The van der Waals surface area contributed by atoms with Gasteiger partial charge in [0.05, 0.1) is 10.9 Å². The number of nitrogens with one attached hydrogen (secondary N) is 2. The molecular formula is C21H26N4O4S. The van der Waals surface area contributed by atoms with E-state index in [-0.39, 0.29) is 29.3 Å². The Hall–Kier alpha value is -2.91. The molecule has 4 N–H and O–H groups in total. The molecule has 1 aliphatic heterocycles. The van der Waals surface area contributed by atoms with Crippen LogP contribution >= 0.6 is 0 Å². The predicted octanol–water partition coefficient (Wildman–Crippen LogP) is 1.60. The summed E-state index contributed by atoms with van der Waals surface area (Å²) in [5, 5.41) is 10.7. The zero-order valence-corrected chi connectivity index (χ0v) is 17.8. The van der Waals surface area contributed by atoms with Crippen LogP contribution in [0.5, 0.6) is 0 Å². The largest absolute Gasteiger partial charge is 0.338 e. The van der Waals surface area contributed by atoms with Gasteiger partial charge >= 0.3 is 6.03 Å². The number of urea groups is 1. The third-order valence-electron chi connectivity index (χ3n) is 5.21. The number of carbonyl (C=O) groups excluding carboxylic acids is 2. The van der Waals surface area contributed by atoms with E-state index < -0.39 is 10.0 Å². The molecule has 2 aromatic carbocycles. The average molecular weight is 431 g/mol. The first-order valence-electron chi connectivity index (χ1n) is 9.67. The Labute approximate surface area is 176 Å². The number of hydrogen-bond donors (Lipinski definition) is 3. The highest BCUT2D eigenvalue weighted by Gasteiger charge is 2.31. The molecular weight excluding hydrogens is 404 g/mol. The van der Waals surface area contributed by atoms with Crippen molar-refractivity contribution in [3.63, 3.8) is 0 Å². The van der Waals surface area contributed by atoms with Gasteiger partial charge in [-0.05, 0) is 61.2 Å². The van der Waals surface area contributed by atoms with E-state index in [1.54, 1.807) is 17.0 Å². The van der Waals surface area contributed by atoms with Gasteiger partial charge in [0.25, 0.3) is 0 Å². The predicted molar refractivity (Wildman–Crippen MR) is 115 cm³/mol. The van der Waals surface area contributed by atoms with Gasteiger partial charge in [0, 0.05) is 25.2 Å². The molecule has 0 radical (unpaired) electrons. The van der Waals surface area contributed by atoms with E-state index in [4.69, 9.17) is 5.14 Å². The lowest BCUT2D eigenvalue weighted by Gasteiger charge is -2.18. The molecule has 0 spiro atoms. The molecule has 1 atom stereocenters. The van der Waals surface area contributed by atoms with Gasteiger partial charge in [-0.1, -0.05) is 18.2 Å². The molecule has 0 unspecified atom stereocenters. The van der Waals surface area contributed by atoms with Crippen LogP contribution in [0.15, 0.2) is 47.4 Å². The molecule has 1 fully saturated rings. The van der Waals surface area contributed by atoms with E-state index >= 15 is 0 Å². The normalized spacial score (nSPS) is 16.6. The topological polar surface area (TPSA) is 122 Å². The Morgan fingerprint density at radius 1 is 1.13 bits per heavy atom. The van der Waals surface area contributed by atoms with Gasteiger partial charge in [-0.15, -0.1) is 0 Å².